The number of hydrogen-bond donors (Lipinski definition) is 1. The van der Waals surface area contributed by atoms with Crippen LogP contribution in [-0.4, -0.2) is 16.3 Å². The summed E-state index contributed by atoms with van der Waals surface area (Å²) in [6.07, 6.45) is 8.13. The Morgan fingerprint density at radius 2 is 1.76 bits per heavy atom. The molecule has 0 fully saturated rings. The Hall–Kier alpha value is -0.350. The Balaban J connectivity index is 3.13. The molecule has 0 amide bonds. The predicted octanol–water partition coefficient (Wildman–Crippen LogP) is 5.48. The van der Waals surface area contributed by atoms with Crippen LogP contribution in [0.1, 0.15) is 84.5 Å². The van der Waals surface area contributed by atoms with Crippen molar-refractivity contribution >= 4 is 15.9 Å². The second-order valence-electron chi connectivity index (χ2n) is 6.19. The van der Waals surface area contributed by atoms with Crippen LogP contribution in [0.4, 0.5) is 0 Å². The van der Waals surface area contributed by atoms with E-state index in [0.717, 1.165) is 17.4 Å². The molecule has 1 aromatic heterocycles. The maximum absolute atomic E-state index is 4.58. The van der Waals surface area contributed by atoms with Crippen molar-refractivity contribution in [2.75, 3.05) is 6.54 Å². The first-order valence-electron chi connectivity index (χ1n) is 8.52. The number of aromatic nitrogens is 2. The third kappa shape index (κ3) is 5.10. The lowest BCUT2D eigenvalue weighted by atomic mass is 9.88. The fourth-order valence-electron chi connectivity index (χ4n) is 3.06. The first kappa shape index (κ1) is 18.7. The number of hydrogen-bond acceptors (Lipinski definition) is 2. The van der Waals surface area contributed by atoms with Crippen LogP contribution in [0.15, 0.2) is 10.7 Å². The molecule has 0 saturated carbocycles. The van der Waals surface area contributed by atoms with E-state index >= 15 is 0 Å². The van der Waals surface area contributed by atoms with E-state index in [1.54, 1.807) is 0 Å². The van der Waals surface area contributed by atoms with Gasteiger partial charge in [0.1, 0.15) is 0 Å². The van der Waals surface area contributed by atoms with Crippen molar-refractivity contribution in [1.82, 2.24) is 15.1 Å². The molecule has 0 aliphatic heterocycles. The largest absolute Gasteiger partial charge is 0.308 e. The average molecular weight is 358 g/mol. The lowest BCUT2D eigenvalue weighted by Crippen LogP contribution is -2.32. The number of nitrogens with one attached hydrogen (secondary N) is 1. The third-order valence-corrected chi connectivity index (χ3v) is 4.59. The molecule has 1 atom stereocenters. The molecule has 1 aromatic rings. The normalized spacial score (nSPS) is 13.3. The van der Waals surface area contributed by atoms with E-state index in [-0.39, 0.29) is 0 Å². The summed E-state index contributed by atoms with van der Waals surface area (Å²) >= 11 is 3.73. The topological polar surface area (TPSA) is 29.9 Å². The van der Waals surface area contributed by atoms with Gasteiger partial charge in [0.05, 0.1) is 22.4 Å². The highest BCUT2D eigenvalue weighted by Gasteiger charge is 2.27. The Labute approximate surface area is 139 Å². The van der Waals surface area contributed by atoms with Crippen molar-refractivity contribution in [3.05, 3.63) is 16.4 Å². The van der Waals surface area contributed by atoms with E-state index < -0.39 is 0 Å². The summed E-state index contributed by atoms with van der Waals surface area (Å²) in [5.41, 5.74) is 1.32. The fourth-order valence-corrected chi connectivity index (χ4v) is 3.58. The first-order valence-corrected chi connectivity index (χ1v) is 9.32. The maximum atomic E-state index is 4.58. The van der Waals surface area contributed by atoms with Crippen molar-refractivity contribution in [1.29, 1.82) is 0 Å². The van der Waals surface area contributed by atoms with Crippen LogP contribution < -0.4 is 5.32 Å². The van der Waals surface area contributed by atoms with Gasteiger partial charge in [-0.3, -0.25) is 4.68 Å². The standard InChI is InChI=1S/C17H32BrN3/c1-6-9-14(10-7-2)16(19-11-8-3)17-15(18)12-20-21(17)13(4)5/h12-14,16,19H,6-11H2,1-5H3. The molecule has 0 radical (unpaired) electrons. The van der Waals surface area contributed by atoms with Crippen molar-refractivity contribution in [2.45, 2.75) is 78.8 Å². The molecular formula is C17H32BrN3. The molecule has 0 aromatic carbocycles. The smallest absolute Gasteiger partial charge is 0.0701 e. The molecule has 122 valence electrons. The minimum absolute atomic E-state index is 0.390. The third-order valence-electron chi connectivity index (χ3n) is 3.98. The van der Waals surface area contributed by atoms with Crippen LogP contribution >= 0.6 is 15.9 Å². The van der Waals surface area contributed by atoms with E-state index in [4.69, 9.17) is 0 Å². The Morgan fingerprint density at radius 1 is 1.14 bits per heavy atom. The lowest BCUT2D eigenvalue weighted by Gasteiger charge is -2.30. The second-order valence-corrected chi connectivity index (χ2v) is 7.04. The maximum Gasteiger partial charge on any atom is 0.0701 e. The molecule has 1 unspecified atom stereocenters. The van der Waals surface area contributed by atoms with Crippen LogP contribution in [0.25, 0.3) is 0 Å². The zero-order valence-electron chi connectivity index (χ0n) is 14.3. The minimum atomic E-state index is 0.390. The van der Waals surface area contributed by atoms with Crippen molar-refractivity contribution in [3.8, 4) is 0 Å². The van der Waals surface area contributed by atoms with Gasteiger partial charge in [0, 0.05) is 6.04 Å². The quantitative estimate of drug-likeness (QED) is 0.600. The SMILES string of the molecule is CCCNC(c1c(Br)cnn1C(C)C)C(CCC)CCC. The molecule has 0 saturated heterocycles. The Morgan fingerprint density at radius 3 is 2.24 bits per heavy atom. The molecule has 0 aliphatic carbocycles. The molecule has 0 bridgehead atoms. The van der Waals surface area contributed by atoms with Gasteiger partial charge in [-0.05, 0) is 61.5 Å². The summed E-state index contributed by atoms with van der Waals surface area (Å²) in [5.74, 6) is 0.678. The molecule has 1 heterocycles. The summed E-state index contributed by atoms with van der Waals surface area (Å²) < 4.78 is 3.32. The van der Waals surface area contributed by atoms with E-state index in [9.17, 15) is 0 Å². The second kappa shape index (κ2) is 9.62. The highest BCUT2D eigenvalue weighted by Crippen LogP contribution is 2.35. The fraction of sp³-hybridized carbons (Fsp3) is 0.824. The molecule has 0 spiro atoms. The summed E-state index contributed by atoms with van der Waals surface area (Å²) in [6.45, 7) is 12.3. The van der Waals surface area contributed by atoms with Crippen molar-refractivity contribution in [3.63, 3.8) is 0 Å². The summed E-state index contributed by atoms with van der Waals surface area (Å²) in [5, 5.41) is 8.36. The van der Waals surface area contributed by atoms with Gasteiger partial charge in [0.15, 0.2) is 0 Å². The van der Waals surface area contributed by atoms with Crippen molar-refractivity contribution < 1.29 is 0 Å². The zero-order valence-corrected chi connectivity index (χ0v) is 15.9. The van der Waals surface area contributed by atoms with E-state index in [2.05, 4.69) is 65.6 Å². The van der Waals surface area contributed by atoms with Crippen LogP contribution in [0.5, 0.6) is 0 Å². The average Bonchev–Trinajstić information content (AvgIpc) is 2.82. The first-order chi connectivity index (χ1) is 10.1. The summed E-state index contributed by atoms with van der Waals surface area (Å²) in [7, 11) is 0. The summed E-state index contributed by atoms with van der Waals surface area (Å²) in [4.78, 5) is 0. The lowest BCUT2D eigenvalue weighted by molar-refractivity contribution is 0.295. The van der Waals surface area contributed by atoms with Gasteiger partial charge in [0.25, 0.3) is 0 Å². The predicted molar refractivity (Wildman–Crippen MR) is 94.7 cm³/mol. The van der Waals surface area contributed by atoms with E-state index in [1.165, 1.54) is 31.4 Å². The number of nitrogens with zero attached hydrogens (tertiary/aromatic N) is 2. The van der Waals surface area contributed by atoms with Crippen LogP contribution in [-0.2, 0) is 0 Å². The van der Waals surface area contributed by atoms with Gasteiger partial charge in [-0.2, -0.15) is 5.10 Å². The highest BCUT2D eigenvalue weighted by molar-refractivity contribution is 9.10. The van der Waals surface area contributed by atoms with Crippen LogP contribution in [0.3, 0.4) is 0 Å². The van der Waals surface area contributed by atoms with E-state index in [1.807, 2.05) is 6.20 Å². The molecule has 1 rings (SSSR count). The minimum Gasteiger partial charge on any atom is -0.308 e. The van der Waals surface area contributed by atoms with Crippen LogP contribution in [0.2, 0.25) is 0 Å². The van der Waals surface area contributed by atoms with Gasteiger partial charge in [0.2, 0.25) is 0 Å². The van der Waals surface area contributed by atoms with Gasteiger partial charge in [-0.15, -0.1) is 0 Å². The Bertz CT molecular complexity index is 395. The molecule has 1 N–H and O–H groups in total. The van der Waals surface area contributed by atoms with Crippen molar-refractivity contribution in [2.24, 2.45) is 5.92 Å². The Kier molecular flexibility index (Phi) is 8.57. The van der Waals surface area contributed by atoms with Gasteiger partial charge < -0.3 is 5.32 Å². The highest BCUT2D eigenvalue weighted by atomic mass is 79.9. The summed E-state index contributed by atoms with van der Waals surface area (Å²) in [6, 6.07) is 0.783. The van der Waals surface area contributed by atoms with E-state index in [0.29, 0.717) is 18.0 Å². The molecule has 0 aliphatic rings. The van der Waals surface area contributed by atoms with Gasteiger partial charge in [-0.1, -0.05) is 33.6 Å². The molecule has 21 heavy (non-hydrogen) atoms. The molecule has 4 heteroatoms. The molecular weight excluding hydrogens is 326 g/mol. The van der Waals surface area contributed by atoms with Gasteiger partial charge in [-0.25, -0.2) is 0 Å². The number of rotatable bonds is 10. The number of halogens is 1. The molecule has 3 nitrogen and oxygen atoms in total. The monoisotopic (exact) mass is 357 g/mol. The van der Waals surface area contributed by atoms with Gasteiger partial charge >= 0.3 is 0 Å². The van der Waals surface area contributed by atoms with Crippen LogP contribution in [0, 0.1) is 5.92 Å². The zero-order chi connectivity index (χ0) is 15.8.